The van der Waals surface area contributed by atoms with Gasteiger partial charge in [-0.15, -0.1) is 5.10 Å². The average Bonchev–Trinajstić information content (AvgIpc) is 2.61. The smallest absolute Gasteiger partial charge is 0.309 e. The fraction of sp³-hybridized carbons (Fsp3) is 0.182. The van der Waals surface area contributed by atoms with Gasteiger partial charge in [0, 0.05) is 4.47 Å². The number of hydrogen-bond donors (Lipinski definition) is 1. The van der Waals surface area contributed by atoms with Crippen molar-refractivity contribution in [2.24, 2.45) is 0 Å². The summed E-state index contributed by atoms with van der Waals surface area (Å²) in [6.07, 6.45) is -0.115. The van der Waals surface area contributed by atoms with E-state index in [1.165, 1.54) is 0 Å². The van der Waals surface area contributed by atoms with Crippen LogP contribution in [-0.2, 0) is 11.2 Å². The molecule has 1 heterocycles. The minimum atomic E-state index is -0.910. The van der Waals surface area contributed by atoms with Gasteiger partial charge < -0.3 is 5.11 Å². The number of para-hydroxylation sites is 1. The Morgan fingerprint density at radius 1 is 1.47 bits per heavy atom. The van der Waals surface area contributed by atoms with Gasteiger partial charge in [0.15, 0.2) is 0 Å². The Hall–Kier alpha value is -1.69. The maximum Gasteiger partial charge on any atom is 0.309 e. The normalized spacial score (nSPS) is 10.5. The number of carboxylic acids is 1. The first-order valence-corrected chi connectivity index (χ1v) is 5.76. The second-order valence-electron chi connectivity index (χ2n) is 3.56. The van der Waals surface area contributed by atoms with Gasteiger partial charge in [-0.3, -0.25) is 4.79 Å². The van der Waals surface area contributed by atoms with Gasteiger partial charge in [0.05, 0.1) is 23.5 Å². The zero-order valence-corrected chi connectivity index (χ0v) is 10.7. The van der Waals surface area contributed by atoms with Crippen molar-refractivity contribution in [2.75, 3.05) is 0 Å². The quantitative estimate of drug-likeness (QED) is 0.940. The molecule has 88 valence electrons. The molecule has 0 saturated heterocycles. The third kappa shape index (κ3) is 2.36. The molecule has 0 bridgehead atoms. The highest BCUT2D eigenvalue weighted by molar-refractivity contribution is 9.10. The number of carbonyl (C=O) groups is 1. The molecule has 0 fully saturated rings. The molecule has 0 saturated carbocycles. The summed E-state index contributed by atoms with van der Waals surface area (Å²) in [4.78, 5) is 10.6. The molecule has 5 nitrogen and oxygen atoms in total. The monoisotopic (exact) mass is 295 g/mol. The fourth-order valence-electron chi connectivity index (χ4n) is 1.52. The van der Waals surface area contributed by atoms with Gasteiger partial charge in [0.1, 0.15) is 0 Å². The second kappa shape index (κ2) is 4.67. The number of carboxylic acid groups (broad SMARTS) is 1. The summed E-state index contributed by atoms with van der Waals surface area (Å²) >= 11 is 3.42. The van der Waals surface area contributed by atoms with E-state index in [2.05, 4.69) is 26.2 Å². The lowest BCUT2D eigenvalue weighted by Crippen LogP contribution is -2.04. The summed E-state index contributed by atoms with van der Waals surface area (Å²) in [6, 6.07) is 7.57. The summed E-state index contributed by atoms with van der Waals surface area (Å²) in [5, 5.41) is 16.6. The summed E-state index contributed by atoms with van der Waals surface area (Å²) in [5.41, 5.74) is 2.06. The van der Waals surface area contributed by atoms with Crippen molar-refractivity contribution in [3.63, 3.8) is 0 Å². The van der Waals surface area contributed by atoms with E-state index in [9.17, 15) is 4.79 Å². The van der Waals surface area contributed by atoms with E-state index in [0.717, 1.165) is 15.9 Å². The van der Waals surface area contributed by atoms with Crippen LogP contribution in [-0.4, -0.2) is 26.1 Å². The van der Waals surface area contributed by atoms with Crippen molar-refractivity contribution in [3.8, 4) is 5.69 Å². The van der Waals surface area contributed by atoms with Crippen molar-refractivity contribution in [1.82, 2.24) is 15.0 Å². The van der Waals surface area contributed by atoms with Gasteiger partial charge >= 0.3 is 5.97 Å². The van der Waals surface area contributed by atoms with Gasteiger partial charge in [-0.1, -0.05) is 17.3 Å². The van der Waals surface area contributed by atoms with Crippen LogP contribution in [0.3, 0.4) is 0 Å². The lowest BCUT2D eigenvalue weighted by Gasteiger charge is -2.05. The second-order valence-corrected chi connectivity index (χ2v) is 4.41. The number of aromatic nitrogens is 3. The number of hydrogen-bond acceptors (Lipinski definition) is 3. The fourth-order valence-corrected chi connectivity index (χ4v) is 1.97. The van der Waals surface area contributed by atoms with Crippen LogP contribution in [0.1, 0.15) is 11.4 Å². The first kappa shape index (κ1) is 11.8. The molecular formula is C11H10BrN3O2. The first-order chi connectivity index (χ1) is 8.09. The maximum absolute atomic E-state index is 10.6. The zero-order chi connectivity index (χ0) is 12.4. The van der Waals surface area contributed by atoms with E-state index in [1.54, 1.807) is 11.6 Å². The molecular weight excluding hydrogens is 286 g/mol. The van der Waals surface area contributed by atoms with Crippen molar-refractivity contribution in [1.29, 1.82) is 0 Å². The molecule has 1 N–H and O–H groups in total. The summed E-state index contributed by atoms with van der Waals surface area (Å²) in [6.45, 7) is 1.80. The molecule has 0 unspecified atom stereocenters. The highest BCUT2D eigenvalue weighted by Crippen LogP contribution is 2.21. The van der Waals surface area contributed by atoms with Gasteiger partial charge in [0.2, 0.25) is 0 Å². The molecule has 0 aliphatic heterocycles. The lowest BCUT2D eigenvalue weighted by molar-refractivity contribution is -0.136. The molecule has 1 aromatic heterocycles. The van der Waals surface area contributed by atoms with Crippen LogP contribution in [0, 0.1) is 6.92 Å². The first-order valence-electron chi connectivity index (χ1n) is 4.97. The number of aliphatic carboxylic acids is 1. The molecule has 0 atom stereocenters. The van der Waals surface area contributed by atoms with Crippen molar-refractivity contribution in [2.45, 2.75) is 13.3 Å². The third-order valence-electron chi connectivity index (χ3n) is 2.39. The largest absolute Gasteiger partial charge is 0.481 e. The van der Waals surface area contributed by atoms with E-state index < -0.39 is 5.97 Å². The molecule has 0 spiro atoms. The molecule has 17 heavy (non-hydrogen) atoms. The third-order valence-corrected chi connectivity index (χ3v) is 3.06. The van der Waals surface area contributed by atoms with E-state index in [0.29, 0.717) is 5.69 Å². The van der Waals surface area contributed by atoms with Crippen molar-refractivity contribution >= 4 is 21.9 Å². The van der Waals surface area contributed by atoms with Crippen molar-refractivity contribution in [3.05, 3.63) is 40.1 Å². The van der Waals surface area contributed by atoms with E-state index in [1.807, 2.05) is 24.3 Å². The Labute approximate surface area is 106 Å². The zero-order valence-electron chi connectivity index (χ0n) is 9.09. The van der Waals surface area contributed by atoms with Crippen LogP contribution in [0.5, 0.6) is 0 Å². The lowest BCUT2D eigenvalue weighted by atomic mass is 10.2. The van der Waals surface area contributed by atoms with Gasteiger partial charge in [-0.05, 0) is 35.0 Å². The maximum atomic E-state index is 10.6. The Kier molecular flexibility index (Phi) is 3.23. The van der Waals surface area contributed by atoms with Gasteiger partial charge in [0.25, 0.3) is 0 Å². The van der Waals surface area contributed by atoms with Crippen LogP contribution in [0.2, 0.25) is 0 Å². The van der Waals surface area contributed by atoms with Crippen LogP contribution in [0.25, 0.3) is 5.69 Å². The van der Waals surface area contributed by atoms with E-state index in [4.69, 9.17) is 5.11 Å². The molecule has 0 radical (unpaired) electrons. The molecule has 2 rings (SSSR count). The summed E-state index contributed by atoms with van der Waals surface area (Å²) in [7, 11) is 0. The molecule has 0 aliphatic rings. The minimum absolute atomic E-state index is 0.115. The van der Waals surface area contributed by atoms with Gasteiger partial charge in [-0.2, -0.15) is 0 Å². The topological polar surface area (TPSA) is 68.0 Å². The number of nitrogens with zero attached hydrogens (tertiary/aromatic N) is 3. The average molecular weight is 296 g/mol. The molecule has 0 aliphatic carbocycles. The van der Waals surface area contributed by atoms with E-state index >= 15 is 0 Å². The van der Waals surface area contributed by atoms with Crippen molar-refractivity contribution < 1.29 is 9.90 Å². The Bertz CT molecular complexity index is 566. The highest BCUT2D eigenvalue weighted by Gasteiger charge is 2.14. The Balaban J connectivity index is 2.44. The molecule has 0 amide bonds. The summed E-state index contributed by atoms with van der Waals surface area (Å²) < 4.78 is 2.51. The standard InChI is InChI=1S/C11H10BrN3O2/c1-7-9(6-11(16)17)13-14-15(7)10-5-3-2-4-8(10)12/h2-5H,6H2,1H3,(H,16,17). The molecule has 6 heteroatoms. The SMILES string of the molecule is Cc1c(CC(=O)O)nnn1-c1ccccc1Br. The predicted molar refractivity (Wildman–Crippen MR) is 65.1 cm³/mol. The highest BCUT2D eigenvalue weighted by atomic mass is 79.9. The summed E-state index contributed by atoms with van der Waals surface area (Å²) in [5.74, 6) is -0.910. The number of benzene rings is 1. The van der Waals surface area contributed by atoms with Crippen LogP contribution in [0.15, 0.2) is 28.7 Å². The van der Waals surface area contributed by atoms with Gasteiger partial charge in [-0.25, -0.2) is 4.68 Å². The Morgan fingerprint density at radius 2 is 2.18 bits per heavy atom. The molecule has 1 aromatic carbocycles. The van der Waals surface area contributed by atoms with Crippen LogP contribution < -0.4 is 0 Å². The number of halogens is 1. The van der Waals surface area contributed by atoms with Crippen LogP contribution in [0.4, 0.5) is 0 Å². The molecule has 2 aromatic rings. The van der Waals surface area contributed by atoms with E-state index in [-0.39, 0.29) is 6.42 Å². The van der Waals surface area contributed by atoms with Crippen LogP contribution >= 0.6 is 15.9 Å². The minimum Gasteiger partial charge on any atom is -0.481 e. The number of rotatable bonds is 3. The Morgan fingerprint density at radius 3 is 2.82 bits per heavy atom. The predicted octanol–water partition coefficient (Wildman–Crippen LogP) is 1.97.